The normalized spacial score (nSPS) is 14.9. The van der Waals surface area contributed by atoms with Crippen molar-refractivity contribution in [1.82, 2.24) is 9.80 Å². The quantitative estimate of drug-likeness (QED) is 0.497. The van der Waals surface area contributed by atoms with Crippen molar-refractivity contribution in [2.45, 2.75) is 13.5 Å². The highest BCUT2D eigenvalue weighted by molar-refractivity contribution is 7.80. The lowest BCUT2D eigenvalue weighted by Gasteiger charge is -2.36. The average molecular weight is 428 g/mol. The van der Waals surface area contributed by atoms with Crippen LogP contribution in [0.1, 0.15) is 11.1 Å². The van der Waals surface area contributed by atoms with Gasteiger partial charge in [0.25, 0.3) is 0 Å². The van der Waals surface area contributed by atoms with E-state index in [9.17, 15) is 4.79 Å². The molecular weight excluding hydrogens is 406 g/mol. The SMILES string of the molecule is Cc1cc(=O)oc2cc(NC(=S)N3CCN(Cc4ccc(Cl)cc4)CC3)ccc12. The van der Waals surface area contributed by atoms with Crippen molar-refractivity contribution >= 4 is 45.6 Å². The van der Waals surface area contributed by atoms with Crippen molar-refractivity contribution in [2.24, 2.45) is 0 Å². The molecule has 0 atom stereocenters. The molecule has 1 fully saturated rings. The molecule has 0 bridgehead atoms. The summed E-state index contributed by atoms with van der Waals surface area (Å²) >= 11 is 11.6. The summed E-state index contributed by atoms with van der Waals surface area (Å²) in [5, 5.41) is 5.65. The molecule has 7 heteroatoms. The molecule has 2 aromatic carbocycles. The van der Waals surface area contributed by atoms with E-state index in [1.54, 1.807) is 0 Å². The zero-order chi connectivity index (χ0) is 20.4. The Morgan fingerprint density at radius 3 is 2.55 bits per heavy atom. The molecule has 3 aromatic rings. The predicted octanol–water partition coefficient (Wildman–Crippen LogP) is 4.27. The van der Waals surface area contributed by atoms with Crippen LogP contribution >= 0.6 is 23.8 Å². The Kier molecular flexibility index (Phi) is 5.85. The maximum Gasteiger partial charge on any atom is 0.336 e. The number of anilines is 1. The van der Waals surface area contributed by atoms with E-state index in [4.69, 9.17) is 28.2 Å². The van der Waals surface area contributed by atoms with Crippen LogP contribution in [-0.4, -0.2) is 41.1 Å². The topological polar surface area (TPSA) is 48.7 Å². The Morgan fingerprint density at radius 1 is 1.10 bits per heavy atom. The fourth-order valence-electron chi connectivity index (χ4n) is 3.56. The first-order valence-corrected chi connectivity index (χ1v) is 10.3. The first kappa shape index (κ1) is 19.9. The Morgan fingerprint density at radius 2 is 1.83 bits per heavy atom. The predicted molar refractivity (Wildman–Crippen MR) is 122 cm³/mol. The molecule has 5 nitrogen and oxygen atoms in total. The maximum absolute atomic E-state index is 11.6. The lowest BCUT2D eigenvalue weighted by atomic mass is 10.1. The Labute approximate surface area is 179 Å². The van der Waals surface area contributed by atoms with E-state index in [0.717, 1.165) is 54.4 Å². The number of thiocarbonyl (C=S) groups is 1. The highest BCUT2D eigenvalue weighted by Gasteiger charge is 2.19. The lowest BCUT2D eigenvalue weighted by Crippen LogP contribution is -2.49. The molecule has 150 valence electrons. The van der Waals surface area contributed by atoms with Gasteiger partial charge in [-0.15, -0.1) is 0 Å². The van der Waals surface area contributed by atoms with Gasteiger partial charge in [-0.2, -0.15) is 0 Å². The molecule has 2 heterocycles. The third-order valence-corrected chi connectivity index (χ3v) is 5.79. The van der Waals surface area contributed by atoms with Crippen LogP contribution in [0.5, 0.6) is 0 Å². The number of nitrogens with zero attached hydrogens (tertiary/aromatic N) is 2. The summed E-state index contributed by atoms with van der Waals surface area (Å²) in [4.78, 5) is 16.2. The molecule has 1 saturated heterocycles. The van der Waals surface area contributed by atoms with Crippen LogP contribution in [0.25, 0.3) is 11.0 Å². The van der Waals surface area contributed by atoms with E-state index in [1.165, 1.54) is 11.6 Å². The van der Waals surface area contributed by atoms with Gasteiger partial charge in [0.15, 0.2) is 5.11 Å². The van der Waals surface area contributed by atoms with Gasteiger partial charge < -0.3 is 14.6 Å². The summed E-state index contributed by atoms with van der Waals surface area (Å²) in [6.45, 7) is 6.42. The minimum Gasteiger partial charge on any atom is -0.423 e. The van der Waals surface area contributed by atoms with Crippen LogP contribution < -0.4 is 10.9 Å². The Bertz CT molecular complexity index is 1090. The Hall–Kier alpha value is -2.41. The molecule has 1 aliphatic rings. The molecule has 0 saturated carbocycles. The zero-order valence-electron chi connectivity index (χ0n) is 16.2. The van der Waals surface area contributed by atoms with E-state index in [-0.39, 0.29) is 5.63 Å². The summed E-state index contributed by atoms with van der Waals surface area (Å²) < 4.78 is 5.32. The van der Waals surface area contributed by atoms with Crippen molar-refractivity contribution < 1.29 is 4.42 Å². The van der Waals surface area contributed by atoms with E-state index < -0.39 is 0 Å². The van der Waals surface area contributed by atoms with Crippen LogP contribution in [-0.2, 0) is 6.54 Å². The second kappa shape index (κ2) is 8.53. The summed E-state index contributed by atoms with van der Waals surface area (Å²) in [6, 6.07) is 15.2. The molecule has 0 amide bonds. The van der Waals surface area contributed by atoms with Gasteiger partial charge in [0.05, 0.1) is 0 Å². The zero-order valence-corrected chi connectivity index (χ0v) is 17.7. The third kappa shape index (κ3) is 4.78. The molecule has 0 spiro atoms. The standard InChI is InChI=1S/C22H22ClN3O2S/c1-15-12-21(27)28-20-13-18(6-7-19(15)20)24-22(29)26-10-8-25(9-11-26)14-16-2-4-17(23)5-3-16/h2-7,12-13H,8-11,14H2,1H3,(H,24,29). The average Bonchev–Trinajstić information content (AvgIpc) is 2.70. The number of fused-ring (bicyclic) bond motifs is 1. The fourth-order valence-corrected chi connectivity index (χ4v) is 3.99. The van der Waals surface area contributed by atoms with E-state index in [1.807, 2.05) is 37.3 Å². The van der Waals surface area contributed by atoms with Crippen LogP contribution in [0.4, 0.5) is 5.69 Å². The van der Waals surface area contributed by atoms with E-state index in [2.05, 4.69) is 27.2 Å². The van der Waals surface area contributed by atoms with Crippen LogP contribution in [0.3, 0.4) is 0 Å². The summed E-state index contributed by atoms with van der Waals surface area (Å²) in [6.07, 6.45) is 0. The number of hydrogen-bond acceptors (Lipinski definition) is 4. The number of rotatable bonds is 3. The molecule has 4 rings (SSSR count). The second-order valence-electron chi connectivity index (χ2n) is 7.28. The monoisotopic (exact) mass is 427 g/mol. The van der Waals surface area contributed by atoms with Crippen molar-refractivity contribution in [2.75, 3.05) is 31.5 Å². The number of hydrogen-bond donors (Lipinski definition) is 1. The molecule has 0 aliphatic carbocycles. The minimum atomic E-state index is -0.341. The van der Waals surface area contributed by atoms with Gasteiger partial charge >= 0.3 is 5.63 Å². The second-order valence-corrected chi connectivity index (χ2v) is 8.10. The molecule has 29 heavy (non-hydrogen) atoms. The minimum absolute atomic E-state index is 0.341. The van der Waals surface area contributed by atoms with Gasteiger partial charge in [-0.05, 0) is 54.5 Å². The molecule has 1 aromatic heterocycles. The van der Waals surface area contributed by atoms with Gasteiger partial charge in [-0.1, -0.05) is 23.7 Å². The molecule has 0 unspecified atom stereocenters. The van der Waals surface area contributed by atoms with E-state index in [0.29, 0.717) is 10.7 Å². The fraction of sp³-hybridized carbons (Fsp3) is 0.273. The first-order chi connectivity index (χ1) is 14.0. The largest absolute Gasteiger partial charge is 0.423 e. The van der Waals surface area contributed by atoms with Crippen molar-refractivity contribution in [3.05, 3.63) is 75.1 Å². The highest BCUT2D eigenvalue weighted by atomic mass is 35.5. The van der Waals surface area contributed by atoms with E-state index >= 15 is 0 Å². The number of aryl methyl sites for hydroxylation is 1. The van der Waals surface area contributed by atoms with Gasteiger partial charge in [0.1, 0.15) is 5.58 Å². The molecule has 0 radical (unpaired) electrons. The summed E-state index contributed by atoms with van der Waals surface area (Å²) in [5.74, 6) is 0. The lowest BCUT2D eigenvalue weighted by molar-refractivity contribution is 0.177. The summed E-state index contributed by atoms with van der Waals surface area (Å²) in [5.41, 5.74) is 3.21. The summed E-state index contributed by atoms with van der Waals surface area (Å²) in [7, 11) is 0. The maximum atomic E-state index is 11.6. The van der Waals surface area contributed by atoms with Gasteiger partial charge in [-0.3, -0.25) is 4.90 Å². The van der Waals surface area contributed by atoms with Crippen molar-refractivity contribution in [1.29, 1.82) is 0 Å². The number of nitrogens with one attached hydrogen (secondary N) is 1. The van der Waals surface area contributed by atoms with Gasteiger partial charge in [0, 0.05) is 61.0 Å². The molecule has 1 aliphatic heterocycles. The number of benzene rings is 2. The highest BCUT2D eigenvalue weighted by Crippen LogP contribution is 2.21. The number of piperazine rings is 1. The van der Waals surface area contributed by atoms with Crippen LogP contribution in [0.15, 0.2) is 57.7 Å². The molecule has 1 N–H and O–H groups in total. The van der Waals surface area contributed by atoms with Gasteiger partial charge in [-0.25, -0.2) is 4.79 Å². The molecular formula is C22H22ClN3O2S. The van der Waals surface area contributed by atoms with Crippen LogP contribution in [0, 0.1) is 6.92 Å². The van der Waals surface area contributed by atoms with Crippen molar-refractivity contribution in [3.63, 3.8) is 0 Å². The van der Waals surface area contributed by atoms with Gasteiger partial charge in [0.2, 0.25) is 0 Å². The Balaban J connectivity index is 1.35. The van der Waals surface area contributed by atoms with Crippen molar-refractivity contribution in [3.8, 4) is 0 Å². The number of halogens is 1. The van der Waals surface area contributed by atoms with Crippen LogP contribution in [0.2, 0.25) is 5.02 Å². The third-order valence-electron chi connectivity index (χ3n) is 5.18. The first-order valence-electron chi connectivity index (χ1n) is 9.55. The smallest absolute Gasteiger partial charge is 0.336 e.